The molecule has 4 heteroatoms. The van der Waals surface area contributed by atoms with Gasteiger partial charge in [0.1, 0.15) is 0 Å². The normalized spacial score (nSPS) is 0. The summed E-state index contributed by atoms with van der Waals surface area (Å²) in [5.41, 5.74) is 0. The first kappa shape index (κ1) is 41.6. The van der Waals surface area contributed by atoms with Crippen molar-refractivity contribution in [3.8, 4) is 0 Å². The second kappa shape index (κ2) is 21.5. The number of hydrogen-bond donors (Lipinski definition) is 0. The van der Waals surface area contributed by atoms with E-state index in [1.165, 1.54) is 0 Å². The summed E-state index contributed by atoms with van der Waals surface area (Å²) in [6, 6.07) is 0. The monoisotopic (exact) mass is 108 g/mol. The van der Waals surface area contributed by atoms with Crippen LogP contribution in [-0.2, 0) is 0 Å². The molecule has 0 saturated carbocycles. The van der Waals surface area contributed by atoms with E-state index in [0.717, 1.165) is 0 Å². The first-order chi connectivity index (χ1) is 0. The van der Waals surface area contributed by atoms with E-state index in [1.807, 2.05) is 0 Å². The maximum atomic E-state index is 0. The van der Waals surface area contributed by atoms with E-state index < -0.39 is 0 Å². The van der Waals surface area contributed by atoms with Gasteiger partial charge in [0.15, 0.2) is 17.4 Å². The van der Waals surface area contributed by atoms with Crippen LogP contribution in [0.3, 0.4) is 0 Å². The van der Waals surface area contributed by atoms with Crippen LogP contribution < -0.4 is 0 Å². The van der Waals surface area contributed by atoms with Crippen LogP contribution in [0.4, 0.5) is 0 Å². The molecule has 0 spiro atoms. The van der Waals surface area contributed by atoms with Crippen molar-refractivity contribution in [1.29, 1.82) is 0 Å². The van der Waals surface area contributed by atoms with Gasteiger partial charge >= 0.3 is 29.6 Å². The summed E-state index contributed by atoms with van der Waals surface area (Å²) in [7, 11) is 0. The van der Waals surface area contributed by atoms with Gasteiger partial charge in [0, 0.05) is 0 Å². The van der Waals surface area contributed by atoms with E-state index in [9.17, 15) is 0 Å². The summed E-state index contributed by atoms with van der Waals surface area (Å²) >= 11 is 0. The molecule has 0 aliphatic heterocycles. The second-order valence-electron chi connectivity index (χ2n) is 0. The Bertz CT molecular complexity index is 8.00. The summed E-state index contributed by atoms with van der Waals surface area (Å²) in [5, 5.41) is 0. The minimum absolute atomic E-state index is 0. The first-order valence-electron chi connectivity index (χ1n) is 0. The fourth-order valence-corrected chi connectivity index (χ4v) is 0. The Balaban J connectivity index is 0. The molecule has 0 aliphatic carbocycles. The zero-order valence-electron chi connectivity index (χ0n) is 0.908. The van der Waals surface area contributed by atoms with E-state index in [4.69, 9.17) is 0 Å². The van der Waals surface area contributed by atoms with Crippen molar-refractivity contribution in [2.75, 3.05) is 0 Å². The molecule has 0 radical (unpaired) electrons. The van der Waals surface area contributed by atoms with E-state index in [0.29, 0.717) is 0 Å². The van der Waals surface area contributed by atoms with Gasteiger partial charge in [-0.3, -0.25) is 0 Å². The van der Waals surface area contributed by atoms with Crippen LogP contribution in [0.5, 0.6) is 0 Å². The van der Waals surface area contributed by atoms with Crippen LogP contribution in [0.25, 0.3) is 0 Å². The fraction of sp³-hybridized carbons (Fsp3) is 0. The summed E-state index contributed by atoms with van der Waals surface area (Å²) in [6.07, 6.45) is 0. The van der Waals surface area contributed by atoms with Gasteiger partial charge in [0.2, 0.25) is 0 Å². The van der Waals surface area contributed by atoms with Gasteiger partial charge in [-0.1, -0.05) is 0 Å². The summed E-state index contributed by atoms with van der Waals surface area (Å²) in [5.74, 6) is 0. The van der Waals surface area contributed by atoms with Crippen molar-refractivity contribution in [3.63, 3.8) is 0 Å². The Morgan fingerprint density at radius 1 is 1.00 bits per heavy atom. The molecule has 4 heavy (non-hydrogen) atoms. The molecule has 0 rings (SSSR count). The van der Waals surface area contributed by atoms with Crippen molar-refractivity contribution in [1.82, 2.24) is 0 Å². The third-order valence-corrected chi connectivity index (χ3v) is 0. The summed E-state index contributed by atoms with van der Waals surface area (Å²) < 4.78 is 0. The summed E-state index contributed by atoms with van der Waals surface area (Å²) in [6.45, 7) is 0. The average Bonchev–Trinajstić information content (AvgIpc) is 0. The number of rotatable bonds is 0. The predicted molar refractivity (Wildman–Crippen MR) is 27.9 cm³/mol. The third-order valence-electron chi connectivity index (χ3n) is 0. The van der Waals surface area contributed by atoms with Gasteiger partial charge < -0.3 is 5.48 Å². The van der Waals surface area contributed by atoms with E-state index in [1.54, 1.807) is 0 Å². The molecule has 0 unspecified atom stereocenters. The average molecular weight is 108 g/mol. The Morgan fingerprint density at radius 2 is 1.00 bits per heavy atom. The number of halogens is 1. The second-order valence-corrected chi connectivity index (χ2v) is 0. The maximum absolute atomic E-state index is 0. The molecule has 0 aromatic carbocycles. The van der Waals surface area contributed by atoms with E-state index in [2.05, 4.69) is 0 Å². The van der Waals surface area contributed by atoms with Gasteiger partial charge in [-0.05, 0) is 0 Å². The van der Waals surface area contributed by atoms with Gasteiger partial charge in [-0.25, -0.2) is 0 Å². The molecule has 1 nitrogen and oxygen atoms in total. The Kier molecular flexibility index (Phi) is 224. The van der Waals surface area contributed by atoms with Crippen LogP contribution >= 0.6 is 12.4 Å². The Morgan fingerprint density at radius 3 is 1.00 bits per heavy atom. The molecule has 0 heterocycles. The Labute approximate surface area is 64.3 Å². The quantitative estimate of drug-likeness (QED) is 0.315. The van der Waals surface area contributed by atoms with Crippen LogP contribution in [0.1, 0.15) is 0 Å². The molecule has 24 valence electrons. The topological polar surface area (TPSA) is 31.5 Å². The van der Waals surface area contributed by atoms with Crippen LogP contribution in [0.2, 0.25) is 0 Å². The molecule has 0 aromatic heterocycles. The zero-order valence-corrected chi connectivity index (χ0v) is 1.72. The van der Waals surface area contributed by atoms with Crippen molar-refractivity contribution < 1.29 is 5.48 Å². The molecule has 0 saturated heterocycles. The van der Waals surface area contributed by atoms with Gasteiger partial charge in [0.05, 0.1) is 0 Å². The first-order valence-corrected chi connectivity index (χ1v) is 0. The SMILES string of the molecule is Cl.O.[AlH3].[NaH]. The molecule has 2 N–H and O–H groups in total. The van der Waals surface area contributed by atoms with E-state index in [-0.39, 0.29) is 64.8 Å². The molecule has 0 aliphatic rings. The molecule has 0 fully saturated rings. The van der Waals surface area contributed by atoms with E-state index >= 15 is 0 Å². The predicted octanol–water partition coefficient (Wildman–Crippen LogP) is -2.24. The minimum atomic E-state index is 0. The standard InChI is InChI=1S/Al.ClH.Na.H2O.4H/h;1H;;1H2;;;;. The molecule has 0 aromatic rings. The van der Waals surface area contributed by atoms with Crippen LogP contribution in [0, 0.1) is 0 Å². The third kappa shape index (κ3) is 9.22. The molecular weight excluding hydrogens is 101 g/mol. The molecule has 0 bridgehead atoms. The van der Waals surface area contributed by atoms with Gasteiger partial charge in [0.25, 0.3) is 0 Å². The van der Waals surface area contributed by atoms with Gasteiger partial charge in [-0.2, -0.15) is 0 Å². The zero-order chi connectivity index (χ0) is 0. The van der Waals surface area contributed by atoms with Crippen LogP contribution in [-0.4, -0.2) is 52.4 Å². The van der Waals surface area contributed by atoms with Crippen molar-refractivity contribution in [2.45, 2.75) is 0 Å². The Hall–Kier alpha value is 1.78. The van der Waals surface area contributed by atoms with Crippen molar-refractivity contribution in [2.24, 2.45) is 0 Å². The fourth-order valence-electron chi connectivity index (χ4n) is 0. The van der Waals surface area contributed by atoms with Crippen molar-refractivity contribution in [3.05, 3.63) is 0 Å². The summed E-state index contributed by atoms with van der Waals surface area (Å²) in [4.78, 5) is 0. The van der Waals surface area contributed by atoms with Gasteiger partial charge in [-0.15, -0.1) is 12.4 Å². The molecule has 0 amide bonds. The molecular formula is H7AlClNaO. The molecule has 0 atom stereocenters. The van der Waals surface area contributed by atoms with Crippen molar-refractivity contribution >= 4 is 59.3 Å². The number of hydrogen-bond acceptors (Lipinski definition) is 0. The van der Waals surface area contributed by atoms with Crippen LogP contribution in [0.15, 0.2) is 0 Å².